The van der Waals surface area contributed by atoms with Gasteiger partial charge in [0, 0.05) is 30.7 Å². The molecule has 8 heteroatoms. The van der Waals surface area contributed by atoms with Crippen LogP contribution in [0.1, 0.15) is 30.3 Å². The van der Waals surface area contributed by atoms with Gasteiger partial charge in [-0.05, 0) is 49.2 Å². The van der Waals surface area contributed by atoms with Gasteiger partial charge in [0.2, 0.25) is 11.7 Å². The van der Waals surface area contributed by atoms with E-state index in [-0.39, 0.29) is 6.04 Å². The monoisotopic (exact) mass is 402 g/mol. The molecule has 0 amide bonds. The van der Waals surface area contributed by atoms with Gasteiger partial charge in [-0.2, -0.15) is 4.98 Å². The lowest BCUT2D eigenvalue weighted by Crippen LogP contribution is -2.23. The minimum Gasteiger partial charge on any atom is -0.497 e. The van der Waals surface area contributed by atoms with Crippen molar-refractivity contribution in [3.63, 3.8) is 0 Å². The van der Waals surface area contributed by atoms with E-state index in [0.29, 0.717) is 11.7 Å². The molecular weight excluding hydrogens is 380 g/mol. The lowest BCUT2D eigenvalue weighted by atomic mass is 10.1. The van der Waals surface area contributed by atoms with E-state index >= 15 is 0 Å². The van der Waals surface area contributed by atoms with Crippen LogP contribution < -0.4 is 4.74 Å². The van der Waals surface area contributed by atoms with Crippen LogP contribution in [0.15, 0.2) is 65.8 Å². The number of ether oxygens (including phenoxy) is 1. The number of hydrogen-bond donors (Lipinski definition) is 0. The molecule has 1 aliphatic rings. The maximum absolute atomic E-state index is 5.64. The van der Waals surface area contributed by atoms with E-state index in [1.165, 1.54) is 5.56 Å². The molecule has 1 aliphatic heterocycles. The molecule has 1 fully saturated rings. The van der Waals surface area contributed by atoms with Gasteiger partial charge in [0.05, 0.1) is 13.2 Å². The number of rotatable bonds is 6. The van der Waals surface area contributed by atoms with Gasteiger partial charge in [-0.25, -0.2) is 9.97 Å². The summed E-state index contributed by atoms with van der Waals surface area (Å²) in [5, 5.41) is 4.20. The SMILES string of the molecule is COc1ccc(CN2CCCC2c2nc(-c3ccc(-n4ccnc4)nc3)no2)cc1. The third kappa shape index (κ3) is 3.69. The second-order valence-electron chi connectivity index (χ2n) is 7.31. The molecule has 3 aromatic heterocycles. The van der Waals surface area contributed by atoms with Crippen molar-refractivity contribution < 1.29 is 9.26 Å². The van der Waals surface area contributed by atoms with Crippen molar-refractivity contribution in [2.75, 3.05) is 13.7 Å². The number of likely N-dealkylation sites (tertiary alicyclic amines) is 1. The predicted molar refractivity (Wildman–Crippen MR) is 110 cm³/mol. The Morgan fingerprint density at radius 2 is 2.07 bits per heavy atom. The second-order valence-corrected chi connectivity index (χ2v) is 7.31. The Balaban J connectivity index is 1.31. The van der Waals surface area contributed by atoms with Crippen LogP contribution in [0.25, 0.3) is 17.2 Å². The minimum atomic E-state index is 0.131. The van der Waals surface area contributed by atoms with Crippen molar-refractivity contribution in [3.05, 3.63) is 72.8 Å². The maximum atomic E-state index is 5.64. The van der Waals surface area contributed by atoms with E-state index in [1.807, 2.05) is 35.0 Å². The molecular formula is C22H22N6O2. The van der Waals surface area contributed by atoms with Gasteiger partial charge in [-0.1, -0.05) is 17.3 Å². The third-order valence-corrected chi connectivity index (χ3v) is 5.41. The first-order chi connectivity index (χ1) is 14.8. The minimum absolute atomic E-state index is 0.131. The summed E-state index contributed by atoms with van der Waals surface area (Å²) in [4.78, 5) is 15.6. The fraction of sp³-hybridized carbons (Fsp3) is 0.273. The van der Waals surface area contributed by atoms with Crippen LogP contribution in [-0.4, -0.2) is 43.2 Å². The Morgan fingerprint density at radius 3 is 2.80 bits per heavy atom. The normalized spacial score (nSPS) is 16.8. The largest absolute Gasteiger partial charge is 0.497 e. The number of hydrogen-bond acceptors (Lipinski definition) is 7. The zero-order chi connectivity index (χ0) is 20.3. The molecule has 152 valence electrons. The van der Waals surface area contributed by atoms with Crippen molar-refractivity contribution in [3.8, 4) is 23.0 Å². The predicted octanol–water partition coefficient (Wildman–Crippen LogP) is 3.66. The lowest BCUT2D eigenvalue weighted by molar-refractivity contribution is 0.201. The van der Waals surface area contributed by atoms with Crippen molar-refractivity contribution in [1.82, 2.24) is 29.6 Å². The first kappa shape index (κ1) is 18.5. The molecule has 30 heavy (non-hydrogen) atoms. The van der Waals surface area contributed by atoms with Crippen molar-refractivity contribution in [1.29, 1.82) is 0 Å². The molecule has 0 aliphatic carbocycles. The maximum Gasteiger partial charge on any atom is 0.244 e. The summed E-state index contributed by atoms with van der Waals surface area (Å²) >= 11 is 0. The summed E-state index contributed by atoms with van der Waals surface area (Å²) in [6, 6.07) is 12.2. The molecule has 1 saturated heterocycles. The van der Waals surface area contributed by atoms with E-state index in [0.717, 1.165) is 43.1 Å². The third-order valence-electron chi connectivity index (χ3n) is 5.41. The Morgan fingerprint density at radius 1 is 1.17 bits per heavy atom. The fourth-order valence-electron chi connectivity index (χ4n) is 3.81. The highest BCUT2D eigenvalue weighted by Gasteiger charge is 2.30. The lowest BCUT2D eigenvalue weighted by Gasteiger charge is -2.21. The smallest absolute Gasteiger partial charge is 0.244 e. The van der Waals surface area contributed by atoms with Gasteiger partial charge in [0.1, 0.15) is 17.9 Å². The van der Waals surface area contributed by atoms with Crippen molar-refractivity contribution in [2.45, 2.75) is 25.4 Å². The van der Waals surface area contributed by atoms with Crippen LogP contribution in [0.2, 0.25) is 0 Å². The van der Waals surface area contributed by atoms with E-state index in [9.17, 15) is 0 Å². The molecule has 0 N–H and O–H groups in total. The van der Waals surface area contributed by atoms with E-state index in [4.69, 9.17) is 9.26 Å². The average molecular weight is 402 g/mol. The molecule has 0 spiro atoms. The van der Waals surface area contributed by atoms with Crippen LogP contribution in [0.3, 0.4) is 0 Å². The van der Waals surface area contributed by atoms with Crippen LogP contribution in [0, 0.1) is 0 Å². The summed E-state index contributed by atoms with van der Waals surface area (Å²) in [5.74, 6) is 2.88. The highest BCUT2D eigenvalue weighted by atomic mass is 16.5. The highest BCUT2D eigenvalue weighted by Crippen LogP contribution is 2.33. The second kappa shape index (κ2) is 8.08. The van der Waals surface area contributed by atoms with Gasteiger partial charge in [0.15, 0.2) is 0 Å². The molecule has 1 atom stereocenters. The summed E-state index contributed by atoms with van der Waals surface area (Å²) in [6.45, 7) is 1.85. The number of nitrogens with zero attached hydrogens (tertiary/aromatic N) is 6. The van der Waals surface area contributed by atoms with Gasteiger partial charge in [-0.3, -0.25) is 9.47 Å². The summed E-state index contributed by atoms with van der Waals surface area (Å²) in [7, 11) is 1.68. The van der Waals surface area contributed by atoms with Crippen molar-refractivity contribution in [2.24, 2.45) is 0 Å². The van der Waals surface area contributed by atoms with Gasteiger partial charge < -0.3 is 9.26 Å². The van der Waals surface area contributed by atoms with Gasteiger partial charge >= 0.3 is 0 Å². The Labute approximate surface area is 174 Å². The van der Waals surface area contributed by atoms with Crippen LogP contribution >= 0.6 is 0 Å². The number of imidazole rings is 1. The van der Waals surface area contributed by atoms with Gasteiger partial charge in [0.25, 0.3) is 0 Å². The Bertz CT molecular complexity index is 1090. The molecule has 4 aromatic rings. The molecule has 0 saturated carbocycles. The van der Waals surface area contributed by atoms with Crippen LogP contribution in [0.5, 0.6) is 5.75 Å². The Kier molecular flexibility index (Phi) is 4.98. The van der Waals surface area contributed by atoms with Crippen LogP contribution in [0.4, 0.5) is 0 Å². The molecule has 0 bridgehead atoms. The fourth-order valence-corrected chi connectivity index (χ4v) is 3.81. The molecule has 1 unspecified atom stereocenters. The summed E-state index contributed by atoms with van der Waals surface area (Å²) in [6.07, 6.45) is 9.17. The van der Waals surface area contributed by atoms with Gasteiger partial charge in [-0.15, -0.1) is 0 Å². The molecule has 8 nitrogen and oxygen atoms in total. The molecule has 5 rings (SSSR count). The van der Waals surface area contributed by atoms with Crippen molar-refractivity contribution >= 4 is 0 Å². The number of aromatic nitrogens is 5. The first-order valence-corrected chi connectivity index (χ1v) is 9.95. The summed E-state index contributed by atoms with van der Waals surface area (Å²) < 4.78 is 12.7. The highest BCUT2D eigenvalue weighted by molar-refractivity contribution is 5.53. The van der Waals surface area contributed by atoms with E-state index in [1.54, 1.807) is 25.8 Å². The molecule has 4 heterocycles. The number of benzene rings is 1. The van der Waals surface area contributed by atoms with E-state index in [2.05, 4.69) is 37.1 Å². The number of methoxy groups -OCH3 is 1. The molecule has 1 aromatic carbocycles. The zero-order valence-corrected chi connectivity index (χ0v) is 16.7. The first-order valence-electron chi connectivity index (χ1n) is 9.95. The van der Waals surface area contributed by atoms with E-state index < -0.39 is 0 Å². The average Bonchev–Trinajstić information content (AvgIpc) is 3.56. The topological polar surface area (TPSA) is 82.1 Å². The standard InChI is InChI=1S/C22H22N6O2/c1-29-18-7-4-16(5-8-18)14-27-11-2-3-19(27)22-25-21(26-30-22)17-6-9-20(24-13-17)28-12-10-23-15-28/h4-10,12-13,15,19H,2-3,11,14H2,1H3. The number of pyridine rings is 1. The quantitative estimate of drug-likeness (QED) is 0.487. The van der Waals surface area contributed by atoms with Crippen LogP contribution in [-0.2, 0) is 6.54 Å². The Hall–Kier alpha value is -3.52. The molecule has 0 radical (unpaired) electrons. The zero-order valence-electron chi connectivity index (χ0n) is 16.7. The summed E-state index contributed by atoms with van der Waals surface area (Å²) in [5.41, 5.74) is 2.07.